The van der Waals surface area contributed by atoms with E-state index in [0.717, 1.165) is 22.6 Å². The molecule has 2 aromatic rings. The molecule has 4 rings (SSSR count). The summed E-state index contributed by atoms with van der Waals surface area (Å²) in [6, 6.07) is 7.65. The van der Waals surface area contributed by atoms with Crippen molar-refractivity contribution in [3.63, 3.8) is 0 Å². The van der Waals surface area contributed by atoms with Crippen LogP contribution in [0, 0.1) is 0 Å². The highest BCUT2D eigenvalue weighted by Gasteiger charge is 2.40. The van der Waals surface area contributed by atoms with Gasteiger partial charge in [-0.1, -0.05) is 19.1 Å². The number of carbonyl (C=O) groups is 2. The van der Waals surface area contributed by atoms with Gasteiger partial charge in [0.05, 0.1) is 11.6 Å². The molecular weight excluding hydrogens is 364 g/mol. The van der Waals surface area contributed by atoms with Gasteiger partial charge in [-0.3, -0.25) is 9.59 Å². The molecule has 27 heavy (non-hydrogen) atoms. The molecule has 3 heterocycles. The number of hydrogen-bond donors (Lipinski definition) is 2. The molecule has 1 aromatic carbocycles. The molecule has 2 atom stereocenters. The fourth-order valence-corrected chi connectivity index (χ4v) is 4.57. The third kappa shape index (κ3) is 3.44. The molecule has 2 amide bonds. The lowest BCUT2D eigenvalue weighted by Crippen LogP contribution is -2.55. The van der Waals surface area contributed by atoms with Crippen LogP contribution in [-0.4, -0.2) is 34.1 Å². The van der Waals surface area contributed by atoms with E-state index in [1.54, 1.807) is 4.90 Å². The van der Waals surface area contributed by atoms with Crippen LogP contribution >= 0.6 is 11.3 Å². The van der Waals surface area contributed by atoms with Gasteiger partial charge in [-0.05, 0) is 30.5 Å². The van der Waals surface area contributed by atoms with Crippen LogP contribution in [0.4, 0.5) is 0 Å². The van der Waals surface area contributed by atoms with E-state index in [4.69, 9.17) is 4.74 Å². The van der Waals surface area contributed by atoms with Gasteiger partial charge in [-0.2, -0.15) is 0 Å². The average molecular weight is 386 g/mol. The van der Waals surface area contributed by atoms with Crippen molar-refractivity contribution in [2.75, 3.05) is 0 Å². The minimum absolute atomic E-state index is 0.0833. The zero-order chi connectivity index (χ0) is 19.0. The minimum atomic E-state index is -1.01. The van der Waals surface area contributed by atoms with Gasteiger partial charge in [0, 0.05) is 28.8 Å². The Balaban J connectivity index is 1.45. The molecule has 6 nitrogen and oxygen atoms in total. The lowest BCUT2D eigenvalue weighted by molar-refractivity contribution is -0.129. The number of ether oxygens (including phenoxy) is 1. The van der Waals surface area contributed by atoms with E-state index >= 15 is 0 Å². The molecule has 1 saturated heterocycles. The molecule has 7 heteroatoms. The summed E-state index contributed by atoms with van der Waals surface area (Å²) < 4.78 is 5.90. The number of aliphatic hydroxyl groups excluding tert-OH is 1. The first-order valence-electron chi connectivity index (χ1n) is 9.16. The molecule has 0 bridgehead atoms. The number of nitrogens with zero attached hydrogens (tertiary/aromatic N) is 1. The van der Waals surface area contributed by atoms with Crippen LogP contribution in [0.15, 0.2) is 29.6 Å². The molecule has 142 valence electrons. The number of amides is 2. The summed E-state index contributed by atoms with van der Waals surface area (Å²) >= 11 is 1.53. The van der Waals surface area contributed by atoms with Crippen LogP contribution in [0.2, 0.25) is 0 Å². The maximum atomic E-state index is 12.7. The fourth-order valence-electron chi connectivity index (χ4n) is 3.63. The van der Waals surface area contributed by atoms with Crippen molar-refractivity contribution >= 4 is 23.2 Å². The third-order valence-corrected chi connectivity index (χ3v) is 6.25. The first-order valence-corrected chi connectivity index (χ1v) is 10.0. The van der Waals surface area contributed by atoms with Crippen LogP contribution < -0.4 is 10.1 Å². The highest BCUT2D eigenvalue weighted by molar-refractivity contribution is 7.10. The molecule has 2 aliphatic heterocycles. The SMILES string of the molecule is CCc1ccc(OCc2scc3c2CN(C2CCC(=O)NC2O)C3=O)cc1. The molecule has 0 spiro atoms. The third-order valence-electron chi connectivity index (χ3n) is 5.24. The van der Waals surface area contributed by atoms with Crippen LogP contribution in [0.1, 0.15) is 46.1 Å². The van der Waals surface area contributed by atoms with Crippen molar-refractivity contribution in [3.8, 4) is 5.75 Å². The maximum absolute atomic E-state index is 12.7. The standard InChI is InChI=1S/C20H22N2O4S/c1-2-12-3-5-13(6-4-12)26-10-17-14-9-22(20(25)15(14)11-27-17)16-7-8-18(23)21-19(16)24/h3-6,11,16,19,24H,2,7-10H2,1H3,(H,21,23). The van der Waals surface area contributed by atoms with Gasteiger partial charge in [0.25, 0.3) is 5.91 Å². The highest BCUT2D eigenvalue weighted by atomic mass is 32.1. The van der Waals surface area contributed by atoms with E-state index in [1.165, 1.54) is 16.9 Å². The predicted octanol–water partition coefficient (Wildman–Crippen LogP) is 2.44. The van der Waals surface area contributed by atoms with Crippen molar-refractivity contribution in [1.29, 1.82) is 0 Å². The van der Waals surface area contributed by atoms with Gasteiger partial charge in [-0.25, -0.2) is 0 Å². The lowest BCUT2D eigenvalue weighted by Gasteiger charge is -2.35. The number of aliphatic hydroxyl groups is 1. The van der Waals surface area contributed by atoms with Crippen molar-refractivity contribution in [1.82, 2.24) is 10.2 Å². The normalized spacial score (nSPS) is 21.9. The van der Waals surface area contributed by atoms with Gasteiger partial charge in [-0.15, -0.1) is 11.3 Å². The van der Waals surface area contributed by atoms with Crippen molar-refractivity contribution in [2.24, 2.45) is 0 Å². The van der Waals surface area contributed by atoms with Crippen LogP contribution in [0.25, 0.3) is 0 Å². The Labute approximate surface area is 161 Å². The molecule has 0 saturated carbocycles. The number of carbonyl (C=O) groups excluding carboxylic acids is 2. The second-order valence-electron chi connectivity index (χ2n) is 6.89. The van der Waals surface area contributed by atoms with Gasteiger partial charge in [0.15, 0.2) is 0 Å². The second-order valence-corrected chi connectivity index (χ2v) is 7.85. The number of fused-ring (bicyclic) bond motifs is 1. The summed E-state index contributed by atoms with van der Waals surface area (Å²) in [5.41, 5.74) is 2.92. The average Bonchev–Trinajstić information content (AvgIpc) is 3.21. The molecule has 2 N–H and O–H groups in total. The number of aryl methyl sites for hydroxylation is 1. The largest absolute Gasteiger partial charge is 0.488 e. The summed E-state index contributed by atoms with van der Waals surface area (Å²) in [6.45, 7) is 2.97. The van der Waals surface area contributed by atoms with E-state index in [0.29, 0.717) is 31.6 Å². The smallest absolute Gasteiger partial charge is 0.255 e. The molecule has 2 unspecified atom stereocenters. The second kappa shape index (κ2) is 7.32. The van der Waals surface area contributed by atoms with Crippen molar-refractivity contribution < 1.29 is 19.4 Å². The number of rotatable bonds is 5. The molecule has 1 aromatic heterocycles. The van der Waals surface area contributed by atoms with Crippen LogP contribution in [-0.2, 0) is 24.4 Å². The predicted molar refractivity (Wildman–Crippen MR) is 102 cm³/mol. The summed E-state index contributed by atoms with van der Waals surface area (Å²) in [5.74, 6) is 0.545. The van der Waals surface area contributed by atoms with Crippen molar-refractivity contribution in [2.45, 2.75) is 51.6 Å². The van der Waals surface area contributed by atoms with E-state index in [1.807, 2.05) is 17.5 Å². The first kappa shape index (κ1) is 18.0. The Kier molecular flexibility index (Phi) is 4.88. The Hall–Kier alpha value is -2.38. The zero-order valence-electron chi connectivity index (χ0n) is 15.1. The number of benzene rings is 1. The summed E-state index contributed by atoms with van der Waals surface area (Å²) in [7, 11) is 0. The molecule has 0 radical (unpaired) electrons. The molecular formula is C20H22N2O4S. The van der Waals surface area contributed by atoms with E-state index in [-0.39, 0.29) is 17.9 Å². The molecule has 1 fully saturated rings. The molecule has 2 aliphatic rings. The summed E-state index contributed by atoms with van der Waals surface area (Å²) in [5, 5.41) is 14.5. The van der Waals surface area contributed by atoms with Gasteiger partial charge in [0.2, 0.25) is 5.91 Å². The fraction of sp³-hybridized carbons (Fsp3) is 0.400. The Morgan fingerprint density at radius 2 is 2.07 bits per heavy atom. The number of thiophene rings is 1. The number of nitrogens with one attached hydrogen (secondary N) is 1. The maximum Gasteiger partial charge on any atom is 0.255 e. The minimum Gasteiger partial charge on any atom is -0.488 e. The van der Waals surface area contributed by atoms with E-state index in [9.17, 15) is 14.7 Å². The molecule has 0 aliphatic carbocycles. The summed E-state index contributed by atoms with van der Waals surface area (Å²) in [4.78, 5) is 26.8. The Morgan fingerprint density at radius 1 is 1.30 bits per heavy atom. The highest BCUT2D eigenvalue weighted by Crippen LogP contribution is 2.34. The van der Waals surface area contributed by atoms with Gasteiger partial charge < -0.3 is 20.1 Å². The van der Waals surface area contributed by atoms with Crippen LogP contribution in [0.5, 0.6) is 5.75 Å². The number of piperidine rings is 1. The first-order chi connectivity index (χ1) is 13.1. The Bertz CT molecular complexity index is 861. The zero-order valence-corrected chi connectivity index (χ0v) is 15.9. The van der Waals surface area contributed by atoms with Gasteiger partial charge >= 0.3 is 0 Å². The summed E-state index contributed by atoms with van der Waals surface area (Å²) in [6.07, 6.45) is 0.772. The monoisotopic (exact) mass is 386 g/mol. The topological polar surface area (TPSA) is 78.9 Å². The van der Waals surface area contributed by atoms with Gasteiger partial charge in [0.1, 0.15) is 18.6 Å². The van der Waals surface area contributed by atoms with Crippen molar-refractivity contribution in [3.05, 3.63) is 51.2 Å². The van der Waals surface area contributed by atoms with E-state index < -0.39 is 6.23 Å². The Morgan fingerprint density at radius 3 is 2.78 bits per heavy atom. The van der Waals surface area contributed by atoms with E-state index in [2.05, 4.69) is 24.4 Å². The lowest BCUT2D eigenvalue weighted by atomic mass is 10.0. The van der Waals surface area contributed by atoms with Crippen LogP contribution in [0.3, 0.4) is 0 Å². The number of hydrogen-bond acceptors (Lipinski definition) is 5. The quantitative estimate of drug-likeness (QED) is 0.827.